The second-order valence-corrected chi connectivity index (χ2v) is 5.37. The Morgan fingerprint density at radius 2 is 2.05 bits per heavy atom. The van der Waals surface area contributed by atoms with Gasteiger partial charge < -0.3 is 5.32 Å². The van der Waals surface area contributed by atoms with Gasteiger partial charge in [0.1, 0.15) is 5.69 Å². The van der Waals surface area contributed by atoms with Crippen LogP contribution >= 0.6 is 11.3 Å². The van der Waals surface area contributed by atoms with Crippen LogP contribution in [-0.4, -0.2) is 20.3 Å². The molecule has 0 atom stereocenters. The van der Waals surface area contributed by atoms with Crippen molar-refractivity contribution in [3.63, 3.8) is 0 Å². The lowest BCUT2D eigenvalue weighted by molar-refractivity contribution is 0.102. The molecular weight excluding hydrogens is 284 g/mol. The number of amides is 1. The number of nitrogens with zero attached hydrogens (tertiary/aromatic N) is 3. The van der Waals surface area contributed by atoms with E-state index in [9.17, 15) is 4.79 Å². The summed E-state index contributed by atoms with van der Waals surface area (Å²) in [5.41, 5.74) is 2.06. The van der Waals surface area contributed by atoms with Crippen LogP contribution in [0.15, 0.2) is 54.3 Å². The predicted molar refractivity (Wildman–Crippen MR) is 82.8 cm³/mol. The molecule has 0 unspecified atom stereocenters. The first kappa shape index (κ1) is 12.0. The Hall–Kier alpha value is -2.73. The van der Waals surface area contributed by atoms with Crippen molar-refractivity contribution >= 4 is 38.8 Å². The maximum absolute atomic E-state index is 12.4. The highest BCUT2D eigenvalue weighted by molar-refractivity contribution is 7.15. The van der Waals surface area contributed by atoms with Crippen LogP contribution in [0.25, 0.3) is 15.9 Å². The summed E-state index contributed by atoms with van der Waals surface area (Å²) in [6.45, 7) is 0. The van der Waals surface area contributed by atoms with Gasteiger partial charge >= 0.3 is 0 Å². The molecule has 6 heteroatoms. The van der Waals surface area contributed by atoms with Gasteiger partial charge in [0, 0.05) is 29.4 Å². The quantitative estimate of drug-likeness (QED) is 0.617. The van der Waals surface area contributed by atoms with Crippen molar-refractivity contribution in [3.05, 3.63) is 60.0 Å². The minimum Gasteiger partial charge on any atom is -0.319 e. The average molecular weight is 294 g/mol. The lowest BCUT2D eigenvalue weighted by Crippen LogP contribution is -2.14. The van der Waals surface area contributed by atoms with Crippen molar-refractivity contribution in [1.82, 2.24) is 14.4 Å². The van der Waals surface area contributed by atoms with E-state index in [1.165, 1.54) is 11.3 Å². The van der Waals surface area contributed by atoms with Crippen molar-refractivity contribution in [3.8, 4) is 0 Å². The van der Waals surface area contributed by atoms with Crippen molar-refractivity contribution in [2.24, 2.45) is 0 Å². The van der Waals surface area contributed by atoms with E-state index in [4.69, 9.17) is 0 Å². The number of aromatic nitrogens is 3. The van der Waals surface area contributed by atoms with E-state index in [0.29, 0.717) is 11.4 Å². The van der Waals surface area contributed by atoms with Gasteiger partial charge in [0.2, 0.25) is 0 Å². The van der Waals surface area contributed by atoms with Crippen LogP contribution in [0.2, 0.25) is 0 Å². The first-order chi connectivity index (χ1) is 10.3. The molecule has 102 valence electrons. The van der Waals surface area contributed by atoms with Crippen LogP contribution in [-0.2, 0) is 0 Å². The summed E-state index contributed by atoms with van der Waals surface area (Å²) in [6.07, 6.45) is 5.18. The minimum absolute atomic E-state index is 0.169. The number of pyridine rings is 1. The topological polar surface area (TPSA) is 59.3 Å². The van der Waals surface area contributed by atoms with Crippen molar-refractivity contribution in [2.75, 3.05) is 5.32 Å². The van der Waals surface area contributed by atoms with Gasteiger partial charge in [0.15, 0.2) is 4.96 Å². The molecule has 3 aromatic heterocycles. The first-order valence-electron chi connectivity index (χ1n) is 6.38. The Balaban J connectivity index is 1.75. The number of anilines is 1. The fraction of sp³-hybridized carbons (Fsp3) is 0. The molecule has 0 spiro atoms. The highest BCUT2D eigenvalue weighted by atomic mass is 32.1. The molecule has 0 fully saturated rings. The Morgan fingerprint density at radius 1 is 1.14 bits per heavy atom. The molecular formula is C15H10N4OS. The van der Waals surface area contributed by atoms with Gasteiger partial charge in [-0.1, -0.05) is 18.2 Å². The smallest absolute Gasteiger partial charge is 0.273 e. The summed E-state index contributed by atoms with van der Waals surface area (Å²) in [5.74, 6) is -0.169. The molecule has 21 heavy (non-hydrogen) atoms. The van der Waals surface area contributed by atoms with Crippen LogP contribution < -0.4 is 5.32 Å². The number of fused-ring (bicyclic) bond motifs is 2. The third kappa shape index (κ3) is 1.96. The van der Waals surface area contributed by atoms with Gasteiger partial charge in [0.25, 0.3) is 5.91 Å². The van der Waals surface area contributed by atoms with Gasteiger partial charge in [-0.15, -0.1) is 11.3 Å². The fourth-order valence-corrected chi connectivity index (χ4v) is 3.11. The molecule has 3 heterocycles. The summed E-state index contributed by atoms with van der Waals surface area (Å²) < 4.78 is 1.78. The second kappa shape index (κ2) is 4.68. The number of benzene rings is 1. The number of nitrogens with one attached hydrogen (secondary N) is 1. The largest absolute Gasteiger partial charge is 0.319 e. The molecule has 4 aromatic rings. The maximum atomic E-state index is 12.4. The van der Waals surface area contributed by atoms with Crippen LogP contribution in [0.3, 0.4) is 0 Å². The molecule has 1 N–H and O–H groups in total. The molecule has 5 nitrogen and oxygen atoms in total. The Kier molecular flexibility index (Phi) is 2.68. The molecule has 4 rings (SSSR count). The molecule has 0 aliphatic carbocycles. The average Bonchev–Trinajstić information content (AvgIpc) is 3.10. The van der Waals surface area contributed by atoms with E-state index in [2.05, 4.69) is 15.3 Å². The van der Waals surface area contributed by atoms with Crippen LogP contribution in [0, 0.1) is 0 Å². The standard InChI is InChI=1S/C15H10N4OS/c20-14(12-9-21-15-17-7-8-19(12)15)18-11-5-1-3-10-4-2-6-16-13(10)11/h1-9H,(H,18,20). The third-order valence-electron chi connectivity index (χ3n) is 3.26. The molecule has 0 saturated heterocycles. The van der Waals surface area contributed by atoms with E-state index < -0.39 is 0 Å². The van der Waals surface area contributed by atoms with Gasteiger partial charge in [0.05, 0.1) is 11.2 Å². The summed E-state index contributed by atoms with van der Waals surface area (Å²) in [6, 6.07) is 9.57. The lowest BCUT2D eigenvalue weighted by atomic mass is 10.2. The Labute approximate surface area is 123 Å². The summed E-state index contributed by atoms with van der Waals surface area (Å²) in [5, 5.41) is 5.72. The second-order valence-electron chi connectivity index (χ2n) is 4.54. The van der Waals surface area contributed by atoms with Gasteiger partial charge in [-0.3, -0.25) is 14.2 Å². The molecule has 1 aromatic carbocycles. The third-order valence-corrected chi connectivity index (χ3v) is 4.11. The number of para-hydroxylation sites is 1. The van der Waals surface area contributed by atoms with Gasteiger partial charge in [-0.05, 0) is 12.1 Å². The molecule has 0 aliphatic rings. The monoisotopic (exact) mass is 294 g/mol. The molecule has 0 radical (unpaired) electrons. The lowest BCUT2D eigenvalue weighted by Gasteiger charge is -2.07. The SMILES string of the molecule is O=C(Nc1cccc2cccnc12)c1csc2nccn12. The predicted octanol–water partition coefficient (Wildman–Crippen LogP) is 3.20. The molecule has 0 bridgehead atoms. The highest BCUT2D eigenvalue weighted by Gasteiger charge is 2.14. The van der Waals surface area contributed by atoms with Gasteiger partial charge in [-0.25, -0.2) is 4.98 Å². The maximum Gasteiger partial charge on any atom is 0.273 e. The van der Waals surface area contributed by atoms with E-state index in [1.807, 2.05) is 30.3 Å². The zero-order chi connectivity index (χ0) is 14.2. The molecule has 1 amide bonds. The fourth-order valence-electron chi connectivity index (χ4n) is 2.28. The Morgan fingerprint density at radius 3 is 3.00 bits per heavy atom. The zero-order valence-corrected chi connectivity index (χ0v) is 11.7. The Bertz CT molecular complexity index is 951. The highest BCUT2D eigenvalue weighted by Crippen LogP contribution is 2.22. The van der Waals surface area contributed by atoms with E-state index >= 15 is 0 Å². The van der Waals surface area contributed by atoms with Crippen LogP contribution in [0.4, 0.5) is 5.69 Å². The number of carbonyl (C=O) groups is 1. The number of carbonyl (C=O) groups excluding carboxylic acids is 1. The normalized spacial score (nSPS) is 11.0. The van der Waals surface area contributed by atoms with E-state index in [1.54, 1.807) is 28.4 Å². The zero-order valence-electron chi connectivity index (χ0n) is 10.9. The van der Waals surface area contributed by atoms with Crippen molar-refractivity contribution < 1.29 is 4.79 Å². The summed E-state index contributed by atoms with van der Waals surface area (Å²) in [7, 11) is 0. The number of imidazole rings is 1. The van der Waals surface area contributed by atoms with Crippen LogP contribution in [0.1, 0.15) is 10.5 Å². The van der Waals surface area contributed by atoms with Crippen LogP contribution in [0.5, 0.6) is 0 Å². The van der Waals surface area contributed by atoms with Crippen molar-refractivity contribution in [2.45, 2.75) is 0 Å². The number of hydrogen-bond acceptors (Lipinski definition) is 4. The van der Waals surface area contributed by atoms with Crippen molar-refractivity contribution in [1.29, 1.82) is 0 Å². The molecule has 0 aliphatic heterocycles. The molecule has 0 saturated carbocycles. The number of hydrogen-bond donors (Lipinski definition) is 1. The van der Waals surface area contributed by atoms with E-state index in [0.717, 1.165) is 15.9 Å². The van der Waals surface area contributed by atoms with E-state index in [-0.39, 0.29) is 5.91 Å². The number of thiazole rings is 1. The minimum atomic E-state index is -0.169. The first-order valence-corrected chi connectivity index (χ1v) is 7.26. The summed E-state index contributed by atoms with van der Waals surface area (Å²) >= 11 is 1.44. The van der Waals surface area contributed by atoms with Gasteiger partial charge in [-0.2, -0.15) is 0 Å². The number of rotatable bonds is 2. The summed E-state index contributed by atoms with van der Waals surface area (Å²) in [4.78, 5) is 21.8.